The van der Waals surface area contributed by atoms with E-state index in [2.05, 4.69) is 0 Å². The van der Waals surface area contributed by atoms with Crippen LogP contribution in [0.4, 0.5) is 0 Å². The summed E-state index contributed by atoms with van der Waals surface area (Å²) in [5.74, 6) is 0. The maximum Gasteiger partial charge on any atom is 0.253 e. The first-order valence-corrected chi connectivity index (χ1v) is 5.99. The second kappa shape index (κ2) is 5.19. The normalized spacial score (nSPS) is 12.4. The van der Waals surface area contributed by atoms with Gasteiger partial charge >= 0.3 is 0 Å². The Labute approximate surface area is 106 Å². The number of aryl methyl sites for hydroxylation is 2. The molecule has 0 spiro atoms. The third-order valence-electron chi connectivity index (χ3n) is 3.13. The molecular formula is C15H17NO2. The number of aliphatic hydroxyl groups is 1. The monoisotopic (exact) mass is 243 g/mol. The predicted molar refractivity (Wildman–Crippen MR) is 71.6 cm³/mol. The van der Waals surface area contributed by atoms with E-state index in [0.29, 0.717) is 5.56 Å². The van der Waals surface area contributed by atoms with Gasteiger partial charge in [0.25, 0.3) is 5.56 Å². The molecule has 1 unspecified atom stereocenters. The first kappa shape index (κ1) is 12.6. The van der Waals surface area contributed by atoms with Crippen molar-refractivity contribution >= 4 is 0 Å². The van der Waals surface area contributed by atoms with Crippen molar-refractivity contribution in [2.75, 3.05) is 0 Å². The van der Waals surface area contributed by atoms with Crippen LogP contribution in [0.3, 0.4) is 0 Å². The minimum Gasteiger partial charge on any atom is -0.387 e. The Morgan fingerprint density at radius 2 is 1.78 bits per heavy atom. The molecule has 0 saturated heterocycles. The van der Waals surface area contributed by atoms with Crippen LogP contribution in [0.5, 0.6) is 0 Å². The molecule has 0 aliphatic carbocycles. The summed E-state index contributed by atoms with van der Waals surface area (Å²) < 4.78 is 1.55. The van der Waals surface area contributed by atoms with Gasteiger partial charge in [0.1, 0.15) is 0 Å². The molecule has 3 heteroatoms. The number of pyridine rings is 1. The van der Waals surface area contributed by atoms with Gasteiger partial charge < -0.3 is 9.67 Å². The third kappa shape index (κ3) is 2.51. The fraction of sp³-hybridized carbons (Fsp3) is 0.267. The Balaban J connectivity index is 2.27. The molecular weight excluding hydrogens is 226 g/mol. The molecule has 0 fully saturated rings. The molecule has 1 N–H and O–H groups in total. The molecule has 0 aliphatic rings. The Kier molecular flexibility index (Phi) is 3.63. The van der Waals surface area contributed by atoms with Gasteiger partial charge in [-0.25, -0.2) is 0 Å². The zero-order chi connectivity index (χ0) is 13.1. The van der Waals surface area contributed by atoms with E-state index >= 15 is 0 Å². The number of hydrogen-bond acceptors (Lipinski definition) is 2. The van der Waals surface area contributed by atoms with Crippen LogP contribution in [0.15, 0.2) is 47.4 Å². The molecule has 2 aromatic rings. The number of hydrogen-bond donors (Lipinski definition) is 1. The minimum atomic E-state index is -0.661. The molecule has 0 saturated carbocycles. The number of aliphatic hydroxyl groups excluding tert-OH is 1. The first-order valence-electron chi connectivity index (χ1n) is 5.99. The lowest BCUT2D eigenvalue weighted by atomic mass is 10.0. The van der Waals surface area contributed by atoms with Crippen LogP contribution in [0.2, 0.25) is 0 Å². The van der Waals surface area contributed by atoms with Crippen LogP contribution in [0.25, 0.3) is 0 Å². The summed E-state index contributed by atoms with van der Waals surface area (Å²) in [5, 5.41) is 10.2. The Morgan fingerprint density at radius 1 is 1.11 bits per heavy atom. The van der Waals surface area contributed by atoms with E-state index in [1.807, 2.05) is 37.3 Å². The van der Waals surface area contributed by atoms with Crippen LogP contribution in [-0.2, 0) is 6.54 Å². The minimum absolute atomic E-state index is 0.0508. The molecule has 0 radical (unpaired) electrons. The van der Waals surface area contributed by atoms with E-state index in [0.717, 1.165) is 11.1 Å². The summed E-state index contributed by atoms with van der Waals surface area (Å²) in [5.41, 5.74) is 2.54. The van der Waals surface area contributed by atoms with E-state index in [-0.39, 0.29) is 12.1 Å². The van der Waals surface area contributed by atoms with Gasteiger partial charge in [-0.3, -0.25) is 4.79 Å². The van der Waals surface area contributed by atoms with Gasteiger partial charge in [-0.15, -0.1) is 0 Å². The van der Waals surface area contributed by atoms with E-state index in [1.54, 1.807) is 23.8 Å². The highest BCUT2D eigenvalue weighted by Gasteiger charge is 2.11. The number of rotatable bonds is 3. The van der Waals surface area contributed by atoms with Crippen molar-refractivity contribution in [1.29, 1.82) is 0 Å². The Morgan fingerprint density at radius 3 is 2.50 bits per heavy atom. The number of aromatic nitrogens is 1. The summed E-state index contributed by atoms with van der Waals surface area (Å²) in [6.45, 7) is 4.02. The van der Waals surface area contributed by atoms with E-state index in [1.165, 1.54) is 0 Å². The molecule has 0 bridgehead atoms. The van der Waals surface area contributed by atoms with Gasteiger partial charge in [0.05, 0.1) is 12.6 Å². The lowest BCUT2D eigenvalue weighted by Gasteiger charge is -2.15. The molecule has 1 atom stereocenters. The predicted octanol–water partition coefficient (Wildman–Crippen LogP) is 2.20. The molecule has 1 heterocycles. The van der Waals surface area contributed by atoms with Crippen molar-refractivity contribution in [2.24, 2.45) is 0 Å². The average molecular weight is 243 g/mol. The van der Waals surface area contributed by atoms with Crippen LogP contribution in [-0.4, -0.2) is 9.67 Å². The van der Waals surface area contributed by atoms with Gasteiger partial charge in [-0.05, 0) is 31.0 Å². The number of benzene rings is 1. The van der Waals surface area contributed by atoms with Crippen molar-refractivity contribution in [3.05, 3.63) is 69.6 Å². The lowest BCUT2D eigenvalue weighted by molar-refractivity contribution is 0.154. The Hall–Kier alpha value is -1.87. The van der Waals surface area contributed by atoms with Crippen LogP contribution >= 0.6 is 0 Å². The maximum atomic E-state index is 11.9. The molecule has 1 aromatic carbocycles. The fourth-order valence-corrected chi connectivity index (χ4v) is 2.05. The van der Waals surface area contributed by atoms with Gasteiger partial charge in [-0.1, -0.05) is 30.3 Å². The molecule has 94 valence electrons. The second-order valence-corrected chi connectivity index (χ2v) is 4.52. The Bertz CT molecular complexity index is 601. The fourth-order valence-electron chi connectivity index (χ4n) is 2.05. The zero-order valence-corrected chi connectivity index (χ0v) is 10.6. The molecule has 1 aromatic heterocycles. The molecule has 3 nitrogen and oxygen atoms in total. The van der Waals surface area contributed by atoms with Crippen LogP contribution in [0.1, 0.15) is 22.8 Å². The summed E-state index contributed by atoms with van der Waals surface area (Å²) in [4.78, 5) is 11.9. The number of nitrogens with zero attached hydrogens (tertiary/aromatic N) is 1. The van der Waals surface area contributed by atoms with Gasteiger partial charge in [0, 0.05) is 11.8 Å². The highest BCUT2D eigenvalue weighted by atomic mass is 16.3. The van der Waals surface area contributed by atoms with Gasteiger partial charge in [0.2, 0.25) is 0 Å². The molecule has 0 aliphatic heterocycles. The smallest absolute Gasteiger partial charge is 0.253 e. The van der Waals surface area contributed by atoms with Crippen molar-refractivity contribution in [3.63, 3.8) is 0 Å². The summed E-state index contributed by atoms with van der Waals surface area (Å²) in [7, 11) is 0. The summed E-state index contributed by atoms with van der Waals surface area (Å²) in [6.07, 6.45) is 1.04. The zero-order valence-electron chi connectivity index (χ0n) is 10.6. The van der Waals surface area contributed by atoms with E-state index in [9.17, 15) is 9.90 Å². The SMILES string of the molecule is Cc1ccccc1C(O)Cn1cccc(C)c1=O. The highest BCUT2D eigenvalue weighted by molar-refractivity contribution is 5.27. The van der Waals surface area contributed by atoms with Crippen molar-refractivity contribution < 1.29 is 5.11 Å². The van der Waals surface area contributed by atoms with Crippen LogP contribution < -0.4 is 5.56 Å². The maximum absolute atomic E-state index is 11.9. The van der Waals surface area contributed by atoms with Gasteiger partial charge in [-0.2, -0.15) is 0 Å². The summed E-state index contributed by atoms with van der Waals surface area (Å²) >= 11 is 0. The molecule has 18 heavy (non-hydrogen) atoms. The first-order chi connectivity index (χ1) is 8.59. The van der Waals surface area contributed by atoms with E-state index in [4.69, 9.17) is 0 Å². The average Bonchev–Trinajstić information content (AvgIpc) is 2.35. The quantitative estimate of drug-likeness (QED) is 0.898. The molecule has 2 rings (SSSR count). The third-order valence-corrected chi connectivity index (χ3v) is 3.13. The van der Waals surface area contributed by atoms with Crippen molar-refractivity contribution in [2.45, 2.75) is 26.5 Å². The van der Waals surface area contributed by atoms with E-state index < -0.39 is 6.10 Å². The standard InChI is InChI=1S/C15H17NO2/c1-11-6-3-4-8-13(11)14(17)10-16-9-5-7-12(2)15(16)18/h3-9,14,17H,10H2,1-2H3. The summed E-state index contributed by atoms with van der Waals surface area (Å²) in [6, 6.07) is 11.3. The second-order valence-electron chi connectivity index (χ2n) is 4.52. The highest BCUT2D eigenvalue weighted by Crippen LogP contribution is 2.18. The lowest BCUT2D eigenvalue weighted by Crippen LogP contribution is -2.24. The van der Waals surface area contributed by atoms with Gasteiger partial charge in [0.15, 0.2) is 0 Å². The van der Waals surface area contributed by atoms with Crippen molar-refractivity contribution in [1.82, 2.24) is 4.57 Å². The molecule has 0 amide bonds. The van der Waals surface area contributed by atoms with Crippen molar-refractivity contribution in [3.8, 4) is 0 Å². The topological polar surface area (TPSA) is 42.2 Å². The largest absolute Gasteiger partial charge is 0.387 e. The van der Waals surface area contributed by atoms with Crippen LogP contribution in [0, 0.1) is 13.8 Å².